The first-order valence-electron chi connectivity index (χ1n) is 10.4. The molecule has 4 rings (SSSR count). The van der Waals surface area contributed by atoms with Crippen LogP contribution >= 0.6 is 11.6 Å². The first-order valence-corrected chi connectivity index (χ1v) is 12.7. The highest BCUT2D eigenvalue weighted by atomic mass is 35.5. The minimum Gasteiger partial charge on any atom is -0.366 e. The molecule has 3 heterocycles. The minimum atomic E-state index is -3.59. The molecule has 178 valence electrons. The molecule has 1 fully saturated rings. The van der Waals surface area contributed by atoms with Crippen LogP contribution in [0, 0.1) is 0 Å². The van der Waals surface area contributed by atoms with Crippen molar-refractivity contribution in [3.63, 3.8) is 0 Å². The molecule has 0 spiro atoms. The zero-order valence-electron chi connectivity index (χ0n) is 18.3. The number of primary amides is 1. The highest BCUT2D eigenvalue weighted by Crippen LogP contribution is 2.34. The molecule has 0 atom stereocenters. The quantitative estimate of drug-likeness (QED) is 0.469. The number of nitrogens with one attached hydrogen (secondary N) is 2. The molecule has 0 bridgehead atoms. The summed E-state index contributed by atoms with van der Waals surface area (Å²) in [6.45, 7) is 2.32. The molecular formula is C22H23ClN6O4S. The zero-order chi connectivity index (χ0) is 24.5. The molecule has 34 heavy (non-hydrogen) atoms. The van der Waals surface area contributed by atoms with Crippen LogP contribution in [0.1, 0.15) is 20.8 Å². The number of halogens is 1. The Kier molecular flexibility index (Phi) is 6.60. The Morgan fingerprint density at radius 3 is 2.50 bits per heavy atom. The second kappa shape index (κ2) is 9.45. The number of rotatable bonds is 6. The van der Waals surface area contributed by atoms with Crippen molar-refractivity contribution in [3.05, 3.63) is 64.9 Å². The Hall–Kier alpha value is -3.41. The molecule has 1 aliphatic heterocycles. The van der Waals surface area contributed by atoms with Gasteiger partial charge in [-0.2, -0.15) is 0 Å². The fourth-order valence-corrected chi connectivity index (χ4v) is 4.67. The van der Waals surface area contributed by atoms with Crippen molar-refractivity contribution in [3.8, 4) is 17.1 Å². The molecular weight excluding hydrogens is 480 g/mol. The predicted molar refractivity (Wildman–Crippen MR) is 130 cm³/mol. The Morgan fingerprint density at radius 1 is 1.15 bits per heavy atom. The predicted octanol–water partition coefficient (Wildman–Crippen LogP) is 1.71. The van der Waals surface area contributed by atoms with Crippen LogP contribution in [0.2, 0.25) is 5.02 Å². The van der Waals surface area contributed by atoms with Crippen LogP contribution in [-0.4, -0.2) is 67.1 Å². The summed E-state index contributed by atoms with van der Waals surface area (Å²) in [5.41, 5.74) is 6.87. The third-order valence-corrected chi connectivity index (χ3v) is 6.07. The minimum absolute atomic E-state index is 0.0803. The summed E-state index contributed by atoms with van der Waals surface area (Å²) in [5.74, 6) is -0.643. The van der Waals surface area contributed by atoms with Gasteiger partial charge in [-0.3, -0.25) is 18.9 Å². The van der Waals surface area contributed by atoms with Crippen molar-refractivity contribution in [2.75, 3.05) is 37.2 Å². The van der Waals surface area contributed by atoms with Crippen LogP contribution in [0.5, 0.6) is 0 Å². The van der Waals surface area contributed by atoms with E-state index in [-0.39, 0.29) is 33.6 Å². The number of pyridine rings is 1. The van der Waals surface area contributed by atoms with Crippen LogP contribution in [0.15, 0.2) is 48.7 Å². The lowest BCUT2D eigenvalue weighted by Crippen LogP contribution is -2.46. The lowest BCUT2D eigenvalue weighted by Gasteiger charge is -2.28. The van der Waals surface area contributed by atoms with E-state index >= 15 is 0 Å². The molecule has 1 saturated heterocycles. The Labute approximate surface area is 201 Å². The second-order valence-corrected chi connectivity index (χ2v) is 10.0. The fraction of sp³-hybridized carbons (Fsp3) is 0.227. The summed E-state index contributed by atoms with van der Waals surface area (Å²) in [7, 11) is -3.59. The van der Waals surface area contributed by atoms with E-state index in [0.29, 0.717) is 37.6 Å². The van der Waals surface area contributed by atoms with Crippen molar-refractivity contribution >= 4 is 39.1 Å². The highest BCUT2D eigenvalue weighted by molar-refractivity contribution is 7.92. The van der Waals surface area contributed by atoms with E-state index in [4.69, 9.17) is 17.3 Å². The SMILES string of the molecule is CS(=O)(=O)Nc1cc(Cl)cc(-c2c(C(N)=O)cc(C(=O)N3CCNCC3)n2-c2ccccn2)c1. The summed E-state index contributed by atoms with van der Waals surface area (Å²) in [6, 6.07) is 11.2. The number of nitrogens with two attached hydrogens (primary N) is 1. The Balaban J connectivity index is 1.98. The van der Waals surface area contributed by atoms with Gasteiger partial charge in [-0.1, -0.05) is 17.7 Å². The summed E-state index contributed by atoms with van der Waals surface area (Å²) in [4.78, 5) is 32.1. The van der Waals surface area contributed by atoms with Gasteiger partial charge >= 0.3 is 0 Å². The number of piperazine rings is 1. The van der Waals surface area contributed by atoms with Crippen molar-refractivity contribution in [2.24, 2.45) is 5.73 Å². The number of carbonyl (C=O) groups excluding carboxylic acids is 2. The van der Waals surface area contributed by atoms with E-state index < -0.39 is 15.9 Å². The van der Waals surface area contributed by atoms with Crippen molar-refractivity contribution in [2.45, 2.75) is 0 Å². The normalized spacial score (nSPS) is 14.1. The lowest BCUT2D eigenvalue weighted by molar-refractivity contribution is 0.0727. The van der Waals surface area contributed by atoms with E-state index in [1.165, 1.54) is 18.2 Å². The van der Waals surface area contributed by atoms with Gasteiger partial charge in [0.1, 0.15) is 11.5 Å². The van der Waals surface area contributed by atoms with Crippen molar-refractivity contribution in [1.82, 2.24) is 19.8 Å². The average Bonchev–Trinajstić information content (AvgIpc) is 3.19. The summed E-state index contributed by atoms with van der Waals surface area (Å²) >= 11 is 6.29. The molecule has 2 aromatic heterocycles. The van der Waals surface area contributed by atoms with Crippen LogP contribution in [0.25, 0.3) is 17.1 Å². The number of aromatic nitrogens is 2. The molecule has 10 nitrogen and oxygen atoms in total. The van der Waals surface area contributed by atoms with Crippen LogP contribution in [0.3, 0.4) is 0 Å². The maximum absolute atomic E-state index is 13.5. The van der Waals surface area contributed by atoms with Gasteiger partial charge in [0.15, 0.2) is 0 Å². The van der Waals surface area contributed by atoms with Gasteiger partial charge in [0, 0.05) is 43.0 Å². The molecule has 12 heteroatoms. The number of amides is 2. The third-order valence-electron chi connectivity index (χ3n) is 5.24. The second-order valence-electron chi connectivity index (χ2n) is 7.82. The molecule has 1 aliphatic rings. The van der Waals surface area contributed by atoms with Crippen LogP contribution in [-0.2, 0) is 10.0 Å². The monoisotopic (exact) mass is 502 g/mol. The van der Waals surface area contributed by atoms with Gasteiger partial charge in [0.05, 0.1) is 23.2 Å². The van der Waals surface area contributed by atoms with E-state index in [0.717, 1.165) is 6.26 Å². The molecule has 2 amide bonds. The number of hydrogen-bond acceptors (Lipinski definition) is 6. The zero-order valence-corrected chi connectivity index (χ0v) is 19.9. The topological polar surface area (TPSA) is 139 Å². The highest BCUT2D eigenvalue weighted by Gasteiger charge is 2.29. The largest absolute Gasteiger partial charge is 0.366 e. The first kappa shape index (κ1) is 23.7. The van der Waals surface area contributed by atoms with Gasteiger partial charge < -0.3 is 16.0 Å². The maximum atomic E-state index is 13.5. The maximum Gasteiger partial charge on any atom is 0.271 e. The van der Waals surface area contributed by atoms with E-state index in [1.54, 1.807) is 39.9 Å². The molecule has 0 saturated carbocycles. The average molecular weight is 503 g/mol. The molecule has 1 aromatic carbocycles. The van der Waals surface area contributed by atoms with Gasteiger partial charge in [0.25, 0.3) is 11.8 Å². The first-order chi connectivity index (χ1) is 16.1. The fourth-order valence-electron chi connectivity index (χ4n) is 3.89. The molecule has 0 radical (unpaired) electrons. The van der Waals surface area contributed by atoms with Gasteiger partial charge in [-0.05, 0) is 36.4 Å². The number of benzene rings is 1. The van der Waals surface area contributed by atoms with Crippen LogP contribution < -0.4 is 15.8 Å². The van der Waals surface area contributed by atoms with Gasteiger partial charge in [0.2, 0.25) is 10.0 Å². The number of hydrogen-bond donors (Lipinski definition) is 3. The number of sulfonamides is 1. The van der Waals surface area contributed by atoms with E-state index in [2.05, 4.69) is 15.0 Å². The molecule has 3 aromatic rings. The lowest BCUT2D eigenvalue weighted by atomic mass is 10.1. The Morgan fingerprint density at radius 2 is 1.88 bits per heavy atom. The summed E-state index contributed by atoms with van der Waals surface area (Å²) in [6.07, 6.45) is 2.58. The number of nitrogens with zero attached hydrogens (tertiary/aromatic N) is 3. The van der Waals surface area contributed by atoms with Crippen LogP contribution in [0.4, 0.5) is 5.69 Å². The van der Waals surface area contributed by atoms with Crippen molar-refractivity contribution < 1.29 is 18.0 Å². The van der Waals surface area contributed by atoms with Gasteiger partial charge in [-0.25, -0.2) is 13.4 Å². The molecule has 4 N–H and O–H groups in total. The number of carbonyl (C=O) groups is 2. The van der Waals surface area contributed by atoms with Crippen molar-refractivity contribution in [1.29, 1.82) is 0 Å². The third kappa shape index (κ3) is 5.06. The van der Waals surface area contributed by atoms with E-state index in [1.807, 2.05) is 0 Å². The molecule has 0 aliphatic carbocycles. The number of anilines is 1. The summed E-state index contributed by atoms with van der Waals surface area (Å²) < 4.78 is 27.5. The molecule has 0 unspecified atom stereocenters. The van der Waals surface area contributed by atoms with E-state index in [9.17, 15) is 18.0 Å². The Bertz CT molecular complexity index is 1350. The standard InChI is InChI=1S/C22H23ClN6O4S/c1-34(32,33)27-16-11-14(10-15(23)12-16)20-17(21(24)30)13-18(22(31)28-8-6-25-7-9-28)29(20)19-4-2-3-5-26-19/h2-5,10-13,25,27H,6-9H2,1H3,(H2,24,30). The summed E-state index contributed by atoms with van der Waals surface area (Å²) in [5, 5.41) is 3.43. The smallest absolute Gasteiger partial charge is 0.271 e. The van der Waals surface area contributed by atoms with Gasteiger partial charge in [-0.15, -0.1) is 0 Å².